The number of carbonyl (C=O) groups excluding carboxylic acids is 1. The number of hydrogen-bond acceptors (Lipinski definition) is 4. The molecule has 14 heavy (non-hydrogen) atoms. The van der Waals surface area contributed by atoms with Crippen molar-refractivity contribution in [2.45, 2.75) is 13.3 Å². The fourth-order valence-electron chi connectivity index (χ4n) is 1.23. The van der Waals surface area contributed by atoms with E-state index >= 15 is 0 Å². The number of furan rings is 1. The maximum atomic E-state index is 11.7. The molecule has 0 saturated carbocycles. The number of Topliss-reactive ketones (excluding diaryl/α,β-unsaturated/α-hetero) is 1. The highest BCUT2D eigenvalue weighted by atomic mass is 32.1. The highest BCUT2D eigenvalue weighted by molar-refractivity contribution is 7.09. The van der Waals surface area contributed by atoms with Gasteiger partial charge in [-0.05, 0) is 18.6 Å². The van der Waals surface area contributed by atoms with Crippen LogP contribution in [-0.2, 0) is 6.42 Å². The summed E-state index contributed by atoms with van der Waals surface area (Å²) in [6, 6.07) is 1.79. The Morgan fingerprint density at radius 3 is 3.07 bits per heavy atom. The third-order valence-electron chi connectivity index (χ3n) is 1.93. The number of thiazole rings is 1. The maximum absolute atomic E-state index is 11.7. The van der Waals surface area contributed by atoms with Gasteiger partial charge in [-0.3, -0.25) is 9.78 Å². The highest BCUT2D eigenvalue weighted by Gasteiger charge is 2.13. The Labute approximate surface area is 85.4 Å². The van der Waals surface area contributed by atoms with Gasteiger partial charge >= 0.3 is 0 Å². The fourth-order valence-corrected chi connectivity index (χ4v) is 1.82. The van der Waals surface area contributed by atoms with Crippen LogP contribution in [0.15, 0.2) is 28.5 Å². The Kier molecular flexibility index (Phi) is 2.45. The normalized spacial score (nSPS) is 10.4. The van der Waals surface area contributed by atoms with E-state index in [0.717, 1.165) is 10.4 Å². The van der Waals surface area contributed by atoms with Crippen LogP contribution in [-0.4, -0.2) is 10.8 Å². The van der Waals surface area contributed by atoms with E-state index in [1.807, 2.05) is 6.92 Å². The molecule has 0 N–H and O–H groups in total. The van der Waals surface area contributed by atoms with Gasteiger partial charge in [0.1, 0.15) is 0 Å². The van der Waals surface area contributed by atoms with Crippen LogP contribution in [0.4, 0.5) is 0 Å². The summed E-state index contributed by atoms with van der Waals surface area (Å²) in [6.45, 7) is 1.86. The Morgan fingerprint density at radius 1 is 1.64 bits per heavy atom. The number of aromatic nitrogens is 1. The van der Waals surface area contributed by atoms with Gasteiger partial charge in [-0.2, -0.15) is 0 Å². The lowest BCUT2D eigenvalue weighted by Crippen LogP contribution is -2.02. The predicted octanol–water partition coefficient (Wildman–Crippen LogP) is 2.47. The minimum Gasteiger partial charge on any atom is -0.461 e. The average molecular weight is 207 g/mol. The van der Waals surface area contributed by atoms with Gasteiger partial charge in [-0.1, -0.05) is 0 Å². The maximum Gasteiger partial charge on any atom is 0.203 e. The van der Waals surface area contributed by atoms with E-state index in [2.05, 4.69) is 4.98 Å². The van der Waals surface area contributed by atoms with Gasteiger partial charge in [0, 0.05) is 11.1 Å². The second kappa shape index (κ2) is 3.75. The van der Waals surface area contributed by atoms with Crippen molar-refractivity contribution in [2.75, 3.05) is 0 Å². The van der Waals surface area contributed by atoms with Gasteiger partial charge in [-0.25, -0.2) is 0 Å². The molecular weight excluding hydrogens is 198 g/mol. The van der Waals surface area contributed by atoms with Crippen molar-refractivity contribution in [3.05, 3.63) is 40.2 Å². The Hall–Kier alpha value is -1.42. The van der Waals surface area contributed by atoms with Crippen LogP contribution in [0.2, 0.25) is 0 Å². The number of aryl methyl sites for hydroxylation is 1. The summed E-state index contributed by atoms with van der Waals surface area (Å²) in [5.74, 6) is 0.468. The Morgan fingerprint density at radius 2 is 2.50 bits per heavy atom. The topological polar surface area (TPSA) is 43.1 Å². The second-order valence-electron chi connectivity index (χ2n) is 3.00. The Bertz CT molecular complexity index is 431. The van der Waals surface area contributed by atoms with Gasteiger partial charge in [0.05, 0.1) is 18.2 Å². The second-order valence-corrected chi connectivity index (χ2v) is 3.97. The zero-order chi connectivity index (χ0) is 9.97. The number of rotatable bonds is 3. The van der Waals surface area contributed by atoms with Crippen LogP contribution < -0.4 is 0 Å². The summed E-state index contributed by atoms with van der Waals surface area (Å²) in [5.41, 5.74) is 2.61. The van der Waals surface area contributed by atoms with E-state index in [0.29, 0.717) is 12.2 Å². The minimum atomic E-state index is 0.0109. The third kappa shape index (κ3) is 1.75. The molecule has 0 aromatic carbocycles. The summed E-state index contributed by atoms with van der Waals surface area (Å²) in [5, 5.41) is 0. The van der Waals surface area contributed by atoms with Crippen molar-refractivity contribution in [3.63, 3.8) is 0 Å². The van der Waals surface area contributed by atoms with E-state index < -0.39 is 0 Å². The quantitative estimate of drug-likeness (QED) is 0.726. The van der Waals surface area contributed by atoms with Crippen LogP contribution in [0.1, 0.15) is 21.0 Å². The van der Waals surface area contributed by atoms with Crippen LogP contribution in [0.3, 0.4) is 0 Å². The smallest absolute Gasteiger partial charge is 0.203 e. The zero-order valence-corrected chi connectivity index (χ0v) is 8.50. The van der Waals surface area contributed by atoms with Gasteiger partial charge in [0.15, 0.2) is 5.76 Å². The minimum absolute atomic E-state index is 0.0109. The van der Waals surface area contributed by atoms with E-state index in [9.17, 15) is 4.79 Å². The molecule has 0 radical (unpaired) electrons. The molecule has 0 aliphatic rings. The van der Waals surface area contributed by atoms with Crippen molar-refractivity contribution >= 4 is 17.1 Å². The Balaban J connectivity index is 2.14. The molecule has 0 aliphatic carbocycles. The highest BCUT2D eigenvalue weighted by Crippen LogP contribution is 2.14. The molecule has 2 aromatic rings. The molecule has 0 unspecified atom stereocenters. The van der Waals surface area contributed by atoms with Gasteiger partial charge in [-0.15, -0.1) is 11.3 Å². The molecule has 0 fully saturated rings. The molecule has 3 nitrogen and oxygen atoms in total. The van der Waals surface area contributed by atoms with E-state index in [-0.39, 0.29) is 5.78 Å². The lowest BCUT2D eigenvalue weighted by atomic mass is 10.1. The van der Waals surface area contributed by atoms with Crippen LogP contribution in [0.5, 0.6) is 0 Å². The molecule has 4 heteroatoms. The first-order valence-electron chi connectivity index (χ1n) is 4.22. The lowest BCUT2D eigenvalue weighted by Gasteiger charge is -1.95. The van der Waals surface area contributed by atoms with Crippen molar-refractivity contribution < 1.29 is 9.21 Å². The van der Waals surface area contributed by atoms with Crippen molar-refractivity contribution in [1.29, 1.82) is 0 Å². The first-order valence-corrected chi connectivity index (χ1v) is 5.10. The van der Waals surface area contributed by atoms with Gasteiger partial charge in [0.25, 0.3) is 0 Å². The molecule has 0 bridgehead atoms. The summed E-state index contributed by atoms with van der Waals surface area (Å²) in [6.07, 6.45) is 3.62. The van der Waals surface area contributed by atoms with Gasteiger partial charge < -0.3 is 4.42 Å². The number of nitrogens with zero attached hydrogens (tertiary/aromatic N) is 1. The number of hydrogen-bond donors (Lipinski definition) is 0. The third-order valence-corrected chi connectivity index (χ3v) is 2.71. The summed E-state index contributed by atoms with van der Waals surface area (Å²) >= 11 is 1.48. The lowest BCUT2D eigenvalue weighted by molar-refractivity contribution is 0.0966. The zero-order valence-electron chi connectivity index (χ0n) is 7.69. The van der Waals surface area contributed by atoms with Crippen LogP contribution >= 0.6 is 11.3 Å². The molecular formula is C10H9NO2S. The van der Waals surface area contributed by atoms with Crippen molar-refractivity contribution in [1.82, 2.24) is 4.98 Å². The van der Waals surface area contributed by atoms with Crippen LogP contribution in [0, 0.1) is 6.92 Å². The van der Waals surface area contributed by atoms with E-state index in [4.69, 9.17) is 4.42 Å². The molecule has 2 aromatic heterocycles. The van der Waals surface area contributed by atoms with Crippen LogP contribution in [0.25, 0.3) is 0 Å². The molecule has 72 valence electrons. The number of carbonyl (C=O) groups is 1. The number of ketones is 1. The van der Waals surface area contributed by atoms with Crippen molar-refractivity contribution in [2.24, 2.45) is 0 Å². The predicted molar refractivity (Wildman–Crippen MR) is 53.6 cm³/mol. The van der Waals surface area contributed by atoms with E-state index in [1.165, 1.54) is 17.6 Å². The summed E-state index contributed by atoms with van der Waals surface area (Å²) in [7, 11) is 0. The first-order chi connectivity index (χ1) is 6.77. The molecule has 0 saturated heterocycles. The largest absolute Gasteiger partial charge is 0.461 e. The first kappa shape index (κ1) is 9.15. The molecule has 0 atom stereocenters. The monoisotopic (exact) mass is 207 g/mol. The molecule has 0 amide bonds. The standard InChI is InChI=1S/C10H9NO2S/c1-7-2-3-13-10(7)9(12)4-8-5-11-6-14-8/h2-3,5-6H,4H2,1H3. The van der Waals surface area contributed by atoms with Crippen molar-refractivity contribution in [3.8, 4) is 0 Å². The average Bonchev–Trinajstić information content (AvgIpc) is 2.75. The summed E-state index contributed by atoms with van der Waals surface area (Å²) in [4.78, 5) is 16.6. The summed E-state index contributed by atoms with van der Waals surface area (Å²) < 4.78 is 5.11. The SMILES string of the molecule is Cc1ccoc1C(=O)Cc1cncs1. The fraction of sp³-hybridized carbons (Fsp3) is 0.200. The molecule has 2 heterocycles. The van der Waals surface area contributed by atoms with E-state index in [1.54, 1.807) is 17.8 Å². The molecule has 0 spiro atoms. The molecule has 0 aliphatic heterocycles. The van der Waals surface area contributed by atoms with Gasteiger partial charge in [0.2, 0.25) is 5.78 Å². The molecule has 2 rings (SSSR count).